The Morgan fingerprint density at radius 1 is 1.67 bits per heavy atom. The van der Waals surface area contributed by atoms with E-state index in [2.05, 4.69) is 20.8 Å². The third-order valence-electron chi connectivity index (χ3n) is 2.53. The molecule has 9 heavy (non-hydrogen) atoms. The molecular weight excluding hydrogens is 112 g/mol. The van der Waals surface area contributed by atoms with E-state index in [-0.39, 0.29) is 0 Å². The molecule has 1 unspecified atom stereocenters. The second-order valence-electron chi connectivity index (χ2n) is 3.11. The van der Waals surface area contributed by atoms with Crippen LogP contribution in [-0.4, -0.2) is 13.2 Å². The molecule has 53 valence electrons. The highest BCUT2D eigenvalue weighted by Gasteiger charge is 2.39. The van der Waals surface area contributed by atoms with Crippen molar-refractivity contribution in [1.82, 2.24) is 0 Å². The van der Waals surface area contributed by atoms with E-state index >= 15 is 0 Å². The molecule has 0 amide bonds. The molecule has 1 nitrogen and oxygen atoms in total. The third-order valence-corrected chi connectivity index (χ3v) is 2.53. The van der Waals surface area contributed by atoms with E-state index in [0.29, 0.717) is 11.3 Å². The largest absolute Gasteiger partial charge is 0.380 e. The monoisotopic (exact) mass is 127 g/mol. The van der Waals surface area contributed by atoms with Crippen LogP contribution in [0.3, 0.4) is 0 Å². The first kappa shape index (κ1) is 7.07. The molecule has 1 fully saturated rings. The third kappa shape index (κ3) is 0.983. The average molecular weight is 127 g/mol. The summed E-state index contributed by atoms with van der Waals surface area (Å²) in [6.45, 7) is 10.3. The minimum atomic E-state index is 0.431. The minimum Gasteiger partial charge on any atom is -0.380 e. The first-order chi connectivity index (χ1) is 4.21. The molecule has 1 atom stereocenters. The van der Waals surface area contributed by atoms with Crippen molar-refractivity contribution in [3.05, 3.63) is 6.92 Å². The van der Waals surface area contributed by atoms with E-state index in [1.54, 1.807) is 0 Å². The van der Waals surface area contributed by atoms with Gasteiger partial charge in [0.2, 0.25) is 0 Å². The highest BCUT2D eigenvalue weighted by Crippen LogP contribution is 2.38. The number of hydrogen-bond acceptors (Lipinski definition) is 1. The van der Waals surface area contributed by atoms with Gasteiger partial charge in [-0.05, 0) is 19.3 Å². The van der Waals surface area contributed by atoms with Crippen molar-refractivity contribution in [3.63, 3.8) is 0 Å². The van der Waals surface area contributed by atoms with Crippen molar-refractivity contribution in [3.8, 4) is 0 Å². The molecule has 1 aliphatic heterocycles. The lowest BCUT2D eigenvalue weighted by molar-refractivity contribution is -0.135. The zero-order chi connectivity index (χ0) is 6.91. The van der Waals surface area contributed by atoms with Crippen molar-refractivity contribution in [2.45, 2.75) is 20.3 Å². The lowest BCUT2D eigenvalue weighted by Crippen LogP contribution is -2.46. The Kier molecular flexibility index (Phi) is 1.80. The smallest absolute Gasteiger partial charge is 0.0547 e. The second-order valence-corrected chi connectivity index (χ2v) is 3.11. The molecule has 0 spiro atoms. The van der Waals surface area contributed by atoms with E-state index in [9.17, 15) is 0 Å². The van der Waals surface area contributed by atoms with Crippen molar-refractivity contribution >= 4 is 0 Å². The quantitative estimate of drug-likeness (QED) is 0.550. The molecule has 0 bridgehead atoms. The highest BCUT2D eigenvalue weighted by molar-refractivity contribution is 4.89. The fourth-order valence-electron chi connectivity index (χ4n) is 1.20. The van der Waals surface area contributed by atoms with Gasteiger partial charge in [0.25, 0.3) is 0 Å². The highest BCUT2D eigenvalue weighted by atomic mass is 16.5. The van der Waals surface area contributed by atoms with Gasteiger partial charge in [0.1, 0.15) is 0 Å². The maximum Gasteiger partial charge on any atom is 0.0547 e. The molecule has 0 aromatic carbocycles. The van der Waals surface area contributed by atoms with Crippen LogP contribution in [0.15, 0.2) is 0 Å². The van der Waals surface area contributed by atoms with Gasteiger partial charge in [-0.1, -0.05) is 13.8 Å². The molecule has 1 heterocycles. The van der Waals surface area contributed by atoms with Crippen LogP contribution in [0.5, 0.6) is 0 Å². The summed E-state index contributed by atoms with van der Waals surface area (Å²) >= 11 is 0. The maximum absolute atomic E-state index is 5.15. The fourth-order valence-corrected chi connectivity index (χ4v) is 1.20. The van der Waals surface area contributed by atoms with Crippen LogP contribution in [0.1, 0.15) is 20.3 Å². The number of hydrogen-bond donors (Lipinski definition) is 0. The Balaban J connectivity index is 2.46. The van der Waals surface area contributed by atoms with Crippen LogP contribution in [0.25, 0.3) is 0 Å². The Labute approximate surface area is 57.4 Å². The van der Waals surface area contributed by atoms with Gasteiger partial charge < -0.3 is 4.74 Å². The van der Waals surface area contributed by atoms with Crippen LogP contribution in [0.2, 0.25) is 0 Å². The molecule has 0 aromatic heterocycles. The van der Waals surface area contributed by atoms with Gasteiger partial charge in [-0.2, -0.15) is 0 Å². The molecule has 1 radical (unpaired) electrons. The summed E-state index contributed by atoms with van der Waals surface area (Å²) in [6, 6.07) is 0. The zero-order valence-corrected chi connectivity index (χ0v) is 6.31. The summed E-state index contributed by atoms with van der Waals surface area (Å²) in [6.07, 6.45) is 1.21. The minimum absolute atomic E-state index is 0.431. The molecule has 0 aliphatic carbocycles. The van der Waals surface area contributed by atoms with Gasteiger partial charge in [-0.25, -0.2) is 0 Å². The first-order valence-electron chi connectivity index (χ1n) is 3.62. The van der Waals surface area contributed by atoms with Crippen LogP contribution >= 0.6 is 0 Å². The van der Waals surface area contributed by atoms with Crippen LogP contribution < -0.4 is 0 Å². The van der Waals surface area contributed by atoms with E-state index in [1.807, 2.05) is 0 Å². The van der Waals surface area contributed by atoms with Gasteiger partial charge >= 0.3 is 0 Å². The van der Waals surface area contributed by atoms with Gasteiger partial charge in [0.15, 0.2) is 0 Å². The molecule has 1 saturated heterocycles. The predicted octanol–water partition coefficient (Wildman–Crippen LogP) is 1.88. The molecule has 1 rings (SSSR count). The number of ether oxygens (including phenoxy) is 1. The lowest BCUT2D eigenvalue weighted by atomic mass is 9.73. The molecule has 0 N–H and O–H groups in total. The number of rotatable bonds is 2. The summed E-state index contributed by atoms with van der Waals surface area (Å²) in [7, 11) is 0. The van der Waals surface area contributed by atoms with Crippen LogP contribution in [0, 0.1) is 18.3 Å². The second kappa shape index (κ2) is 2.30. The summed E-state index contributed by atoms with van der Waals surface area (Å²) in [5.41, 5.74) is 0.431. The fraction of sp³-hybridized carbons (Fsp3) is 0.875. The summed E-state index contributed by atoms with van der Waals surface area (Å²) in [5.74, 6) is 0.538. The zero-order valence-electron chi connectivity index (χ0n) is 6.31. The SMILES string of the molecule is [CH2]C(C)C1(CC)COC1. The normalized spacial score (nSPS) is 24.0. The Hall–Kier alpha value is -0.0400. The molecule has 0 aromatic rings. The Morgan fingerprint density at radius 2 is 2.22 bits per heavy atom. The standard InChI is InChI=1S/C8H15O/c1-4-8(7(2)3)5-9-6-8/h7H,2,4-6H2,1,3H3. The molecule has 1 heteroatoms. The Morgan fingerprint density at radius 3 is 2.22 bits per heavy atom. The average Bonchev–Trinajstić information content (AvgIpc) is 1.62. The maximum atomic E-state index is 5.15. The topological polar surface area (TPSA) is 9.23 Å². The van der Waals surface area contributed by atoms with Crippen molar-refractivity contribution in [2.75, 3.05) is 13.2 Å². The van der Waals surface area contributed by atoms with Crippen molar-refractivity contribution in [2.24, 2.45) is 11.3 Å². The van der Waals surface area contributed by atoms with E-state index in [0.717, 1.165) is 13.2 Å². The lowest BCUT2D eigenvalue weighted by Gasteiger charge is -2.44. The van der Waals surface area contributed by atoms with Crippen molar-refractivity contribution < 1.29 is 4.74 Å². The Bertz CT molecular complexity index is 87.2. The van der Waals surface area contributed by atoms with Gasteiger partial charge in [-0.15, -0.1) is 0 Å². The van der Waals surface area contributed by atoms with Crippen molar-refractivity contribution in [1.29, 1.82) is 0 Å². The van der Waals surface area contributed by atoms with Gasteiger partial charge in [0, 0.05) is 5.41 Å². The van der Waals surface area contributed by atoms with Crippen LogP contribution in [-0.2, 0) is 4.74 Å². The first-order valence-corrected chi connectivity index (χ1v) is 3.62. The van der Waals surface area contributed by atoms with Gasteiger partial charge in [0.05, 0.1) is 13.2 Å². The molecule has 1 aliphatic rings. The summed E-state index contributed by atoms with van der Waals surface area (Å²) < 4.78 is 5.15. The summed E-state index contributed by atoms with van der Waals surface area (Å²) in [5, 5.41) is 0. The molecule has 0 saturated carbocycles. The van der Waals surface area contributed by atoms with Crippen LogP contribution in [0.4, 0.5) is 0 Å². The van der Waals surface area contributed by atoms with E-state index in [4.69, 9.17) is 4.74 Å². The predicted molar refractivity (Wildman–Crippen MR) is 38.1 cm³/mol. The van der Waals surface area contributed by atoms with E-state index < -0.39 is 0 Å². The van der Waals surface area contributed by atoms with Gasteiger partial charge in [-0.3, -0.25) is 0 Å². The molecular formula is C8H15O. The summed E-state index contributed by atoms with van der Waals surface area (Å²) in [4.78, 5) is 0. The van der Waals surface area contributed by atoms with E-state index in [1.165, 1.54) is 6.42 Å².